The highest BCUT2D eigenvalue weighted by Crippen LogP contribution is 2.33. The molecule has 5 heteroatoms. The largest absolute Gasteiger partial charge is 0.454 e. The molecule has 0 aromatic heterocycles. The van der Waals surface area contributed by atoms with Crippen molar-refractivity contribution in [3.05, 3.63) is 23.8 Å². The lowest BCUT2D eigenvalue weighted by Gasteiger charge is -2.23. The fourth-order valence-electron chi connectivity index (χ4n) is 2.83. The van der Waals surface area contributed by atoms with Gasteiger partial charge in [-0.2, -0.15) is 0 Å². The van der Waals surface area contributed by atoms with Gasteiger partial charge in [-0.25, -0.2) is 4.79 Å². The van der Waals surface area contributed by atoms with E-state index in [4.69, 9.17) is 14.2 Å². The number of likely N-dealkylation sites (tertiary alicyclic amines) is 1. The lowest BCUT2D eigenvalue weighted by Crippen LogP contribution is -2.37. The van der Waals surface area contributed by atoms with Crippen LogP contribution < -0.4 is 9.47 Å². The molecule has 2 aliphatic heterocycles. The average Bonchev–Trinajstić information content (AvgIpc) is 3.07. The Balaban J connectivity index is 1.69. The zero-order valence-corrected chi connectivity index (χ0v) is 11.6. The zero-order chi connectivity index (χ0) is 13.9. The predicted molar refractivity (Wildman–Crippen MR) is 73.0 cm³/mol. The standard InChI is InChI=1S/C15H19NO4/c1-2-18-15(17)16-7-3-4-12(16)8-11-5-6-13-14(9-11)20-10-19-13/h5-6,9,12H,2-4,7-8,10H2,1H3/t12-/m0/s1. The molecule has 108 valence electrons. The maximum absolute atomic E-state index is 11.9. The molecule has 0 N–H and O–H groups in total. The number of nitrogens with zero attached hydrogens (tertiary/aromatic N) is 1. The fraction of sp³-hybridized carbons (Fsp3) is 0.533. The number of carbonyl (C=O) groups excluding carboxylic acids is 1. The second-order valence-corrected chi connectivity index (χ2v) is 5.08. The van der Waals surface area contributed by atoms with Gasteiger partial charge in [0, 0.05) is 12.6 Å². The van der Waals surface area contributed by atoms with Crippen LogP contribution in [0, 0.1) is 0 Å². The average molecular weight is 277 g/mol. The molecule has 1 aromatic rings. The van der Waals surface area contributed by atoms with Gasteiger partial charge < -0.3 is 19.1 Å². The van der Waals surface area contributed by atoms with Gasteiger partial charge in [0.2, 0.25) is 6.79 Å². The summed E-state index contributed by atoms with van der Waals surface area (Å²) in [5.74, 6) is 1.59. The van der Waals surface area contributed by atoms with Crippen molar-refractivity contribution in [1.29, 1.82) is 0 Å². The van der Waals surface area contributed by atoms with Crippen molar-refractivity contribution in [2.45, 2.75) is 32.2 Å². The van der Waals surface area contributed by atoms with E-state index in [1.807, 2.05) is 30.0 Å². The Morgan fingerprint density at radius 1 is 1.40 bits per heavy atom. The molecule has 0 spiro atoms. The van der Waals surface area contributed by atoms with Crippen molar-refractivity contribution in [2.24, 2.45) is 0 Å². The maximum atomic E-state index is 11.9. The normalized spacial score (nSPS) is 20.2. The van der Waals surface area contributed by atoms with Crippen LogP contribution in [0.15, 0.2) is 18.2 Å². The van der Waals surface area contributed by atoms with E-state index in [2.05, 4.69) is 0 Å². The van der Waals surface area contributed by atoms with Gasteiger partial charge in [0.25, 0.3) is 0 Å². The number of fused-ring (bicyclic) bond motifs is 1. The van der Waals surface area contributed by atoms with Gasteiger partial charge in [-0.05, 0) is 43.9 Å². The van der Waals surface area contributed by atoms with Gasteiger partial charge in [0.15, 0.2) is 11.5 Å². The molecule has 1 amide bonds. The Labute approximate surface area is 118 Å². The molecular formula is C15H19NO4. The summed E-state index contributed by atoms with van der Waals surface area (Å²) in [6, 6.07) is 6.19. The molecule has 2 heterocycles. The van der Waals surface area contributed by atoms with Crippen LogP contribution in [-0.2, 0) is 11.2 Å². The summed E-state index contributed by atoms with van der Waals surface area (Å²) in [5, 5.41) is 0. The van der Waals surface area contributed by atoms with Crippen LogP contribution in [0.2, 0.25) is 0 Å². The van der Waals surface area contributed by atoms with Gasteiger partial charge in [0.05, 0.1) is 6.61 Å². The minimum atomic E-state index is -0.198. The lowest BCUT2D eigenvalue weighted by atomic mass is 10.0. The molecule has 0 aliphatic carbocycles. The van der Waals surface area contributed by atoms with Crippen LogP contribution in [0.3, 0.4) is 0 Å². The maximum Gasteiger partial charge on any atom is 0.410 e. The molecule has 1 saturated heterocycles. The van der Waals surface area contributed by atoms with E-state index < -0.39 is 0 Å². The molecule has 0 saturated carbocycles. The molecule has 5 nitrogen and oxygen atoms in total. The van der Waals surface area contributed by atoms with E-state index in [1.54, 1.807) is 0 Å². The monoisotopic (exact) mass is 277 g/mol. The molecule has 1 aromatic carbocycles. The summed E-state index contributed by atoms with van der Waals surface area (Å²) in [5.41, 5.74) is 1.16. The van der Waals surface area contributed by atoms with E-state index in [1.165, 1.54) is 0 Å². The fourth-order valence-corrected chi connectivity index (χ4v) is 2.83. The Morgan fingerprint density at radius 3 is 3.10 bits per heavy atom. The van der Waals surface area contributed by atoms with E-state index in [-0.39, 0.29) is 18.9 Å². The van der Waals surface area contributed by atoms with E-state index in [0.29, 0.717) is 6.61 Å². The van der Waals surface area contributed by atoms with Crippen LogP contribution >= 0.6 is 0 Å². The smallest absolute Gasteiger partial charge is 0.410 e. The first-order valence-electron chi connectivity index (χ1n) is 7.10. The summed E-state index contributed by atoms with van der Waals surface area (Å²) >= 11 is 0. The van der Waals surface area contributed by atoms with Crippen LogP contribution in [0.5, 0.6) is 11.5 Å². The van der Waals surface area contributed by atoms with Crippen molar-refractivity contribution < 1.29 is 19.0 Å². The van der Waals surface area contributed by atoms with Crippen LogP contribution in [0.25, 0.3) is 0 Å². The Hall–Kier alpha value is -1.91. The first kappa shape index (κ1) is 13.1. The van der Waals surface area contributed by atoms with Crippen LogP contribution in [0.4, 0.5) is 4.79 Å². The van der Waals surface area contributed by atoms with Gasteiger partial charge in [0.1, 0.15) is 0 Å². The Morgan fingerprint density at radius 2 is 2.25 bits per heavy atom. The summed E-state index contributed by atoms with van der Waals surface area (Å²) in [6.07, 6.45) is 2.69. The predicted octanol–water partition coefficient (Wildman–Crippen LogP) is 2.58. The minimum Gasteiger partial charge on any atom is -0.454 e. The minimum absolute atomic E-state index is 0.198. The van der Waals surface area contributed by atoms with Crippen molar-refractivity contribution in [2.75, 3.05) is 19.9 Å². The molecule has 3 rings (SSSR count). The highest BCUT2D eigenvalue weighted by molar-refractivity contribution is 5.68. The van der Waals surface area contributed by atoms with Gasteiger partial charge in [-0.15, -0.1) is 0 Å². The number of carbonyl (C=O) groups is 1. The van der Waals surface area contributed by atoms with Crippen LogP contribution in [0.1, 0.15) is 25.3 Å². The molecular weight excluding hydrogens is 258 g/mol. The van der Waals surface area contributed by atoms with Crippen LogP contribution in [-0.4, -0.2) is 37.0 Å². The van der Waals surface area contributed by atoms with Gasteiger partial charge >= 0.3 is 6.09 Å². The van der Waals surface area contributed by atoms with Gasteiger partial charge in [-0.3, -0.25) is 0 Å². The summed E-state index contributed by atoms with van der Waals surface area (Å²) in [6.45, 7) is 3.33. The Kier molecular flexibility index (Phi) is 3.67. The molecule has 20 heavy (non-hydrogen) atoms. The number of benzene rings is 1. The van der Waals surface area contributed by atoms with Crippen molar-refractivity contribution in [3.63, 3.8) is 0 Å². The molecule has 1 atom stereocenters. The number of hydrogen-bond donors (Lipinski definition) is 0. The third-order valence-electron chi connectivity index (χ3n) is 3.79. The second-order valence-electron chi connectivity index (χ2n) is 5.08. The third kappa shape index (κ3) is 2.53. The van der Waals surface area contributed by atoms with Gasteiger partial charge in [-0.1, -0.05) is 6.07 Å². The van der Waals surface area contributed by atoms with E-state index in [9.17, 15) is 4.79 Å². The highest BCUT2D eigenvalue weighted by Gasteiger charge is 2.30. The molecule has 1 fully saturated rings. The molecule has 2 aliphatic rings. The number of amides is 1. The lowest BCUT2D eigenvalue weighted by molar-refractivity contribution is 0.103. The summed E-state index contributed by atoms with van der Waals surface area (Å²) in [4.78, 5) is 13.7. The third-order valence-corrected chi connectivity index (χ3v) is 3.79. The summed E-state index contributed by atoms with van der Waals surface area (Å²) < 4.78 is 15.8. The summed E-state index contributed by atoms with van der Waals surface area (Å²) in [7, 11) is 0. The van der Waals surface area contributed by atoms with Crippen molar-refractivity contribution in [1.82, 2.24) is 4.90 Å². The Bertz CT molecular complexity index is 503. The van der Waals surface area contributed by atoms with Crippen molar-refractivity contribution in [3.8, 4) is 11.5 Å². The highest BCUT2D eigenvalue weighted by atomic mass is 16.7. The van der Waals surface area contributed by atoms with E-state index >= 15 is 0 Å². The second kappa shape index (κ2) is 5.61. The first-order valence-corrected chi connectivity index (χ1v) is 7.10. The molecule has 0 bridgehead atoms. The number of ether oxygens (including phenoxy) is 3. The topological polar surface area (TPSA) is 48.0 Å². The molecule has 0 radical (unpaired) electrons. The SMILES string of the molecule is CCOC(=O)N1CCC[C@H]1Cc1ccc2c(c1)OCO2. The zero-order valence-electron chi connectivity index (χ0n) is 11.6. The quantitative estimate of drug-likeness (QED) is 0.852. The van der Waals surface area contributed by atoms with Crippen molar-refractivity contribution >= 4 is 6.09 Å². The number of rotatable bonds is 3. The first-order chi connectivity index (χ1) is 9.78. The molecule has 0 unspecified atom stereocenters. The van der Waals surface area contributed by atoms with E-state index in [0.717, 1.165) is 42.9 Å². The number of hydrogen-bond acceptors (Lipinski definition) is 4.